The van der Waals surface area contributed by atoms with Crippen LogP contribution in [0.1, 0.15) is 17.9 Å². The van der Waals surface area contributed by atoms with Gasteiger partial charge in [0.25, 0.3) is 0 Å². The highest BCUT2D eigenvalue weighted by Gasteiger charge is 2.15. The zero-order valence-electron chi connectivity index (χ0n) is 18.0. The number of benzene rings is 2. The molecular weight excluding hydrogens is 453 g/mol. The van der Waals surface area contributed by atoms with Gasteiger partial charge in [0.15, 0.2) is 0 Å². The van der Waals surface area contributed by atoms with Crippen LogP contribution in [-0.2, 0) is 17.8 Å². The lowest BCUT2D eigenvalue weighted by atomic mass is 10.1. The van der Waals surface area contributed by atoms with E-state index in [1.807, 2.05) is 54.0 Å². The average molecular weight is 474 g/mol. The van der Waals surface area contributed by atoms with E-state index in [9.17, 15) is 9.18 Å². The second-order valence-corrected chi connectivity index (χ2v) is 8.50. The molecule has 0 aliphatic heterocycles. The van der Waals surface area contributed by atoms with E-state index in [2.05, 4.69) is 20.6 Å². The van der Waals surface area contributed by atoms with E-state index < -0.39 is 0 Å². The fourth-order valence-electron chi connectivity index (χ4n) is 3.47. The number of nitrogens with zero attached hydrogens (tertiary/aromatic N) is 4. The summed E-state index contributed by atoms with van der Waals surface area (Å²) >= 11 is 1.53. The van der Waals surface area contributed by atoms with Crippen LogP contribution in [0.25, 0.3) is 27.6 Å². The number of hydrogen-bond acceptors (Lipinski definition) is 6. The Balaban J connectivity index is 1.27. The molecule has 5 rings (SSSR count). The summed E-state index contributed by atoms with van der Waals surface area (Å²) in [7, 11) is 0. The molecule has 0 radical (unpaired) electrons. The number of aryl methyl sites for hydroxylation is 1. The van der Waals surface area contributed by atoms with E-state index in [1.54, 1.807) is 16.8 Å². The largest absolute Gasteiger partial charge is 0.352 e. The van der Waals surface area contributed by atoms with Crippen molar-refractivity contribution in [1.82, 2.24) is 25.2 Å². The number of amides is 1. The van der Waals surface area contributed by atoms with Crippen LogP contribution < -0.4 is 5.32 Å². The first-order valence-electron chi connectivity index (χ1n) is 10.7. The van der Waals surface area contributed by atoms with Gasteiger partial charge in [-0.2, -0.15) is 10.1 Å². The van der Waals surface area contributed by atoms with Crippen molar-refractivity contribution in [2.24, 2.45) is 0 Å². The summed E-state index contributed by atoms with van der Waals surface area (Å²) in [5, 5.41) is 13.5. The molecule has 2 aromatic carbocycles. The first-order chi connectivity index (χ1) is 16.7. The van der Waals surface area contributed by atoms with Gasteiger partial charge in [0.1, 0.15) is 5.82 Å². The van der Waals surface area contributed by atoms with Crippen molar-refractivity contribution < 1.29 is 13.7 Å². The van der Waals surface area contributed by atoms with E-state index in [0.29, 0.717) is 23.8 Å². The Bertz CT molecular complexity index is 1380. The second kappa shape index (κ2) is 9.80. The number of para-hydroxylation sites is 1. The Kier molecular flexibility index (Phi) is 6.26. The minimum Gasteiger partial charge on any atom is -0.352 e. The molecule has 170 valence electrons. The van der Waals surface area contributed by atoms with Crippen molar-refractivity contribution in [2.75, 3.05) is 0 Å². The van der Waals surface area contributed by atoms with Crippen molar-refractivity contribution in [2.45, 2.75) is 19.4 Å². The van der Waals surface area contributed by atoms with Gasteiger partial charge in [-0.25, -0.2) is 9.07 Å². The molecular formula is C25H20FN5O2S. The van der Waals surface area contributed by atoms with Gasteiger partial charge in [0.05, 0.1) is 16.3 Å². The number of carbonyl (C=O) groups is 1. The molecule has 0 bridgehead atoms. The van der Waals surface area contributed by atoms with Gasteiger partial charge < -0.3 is 9.84 Å². The molecule has 0 unspecified atom stereocenters. The molecule has 7 nitrogen and oxygen atoms in total. The number of nitrogens with one attached hydrogen (secondary N) is 1. The molecule has 1 amide bonds. The lowest BCUT2D eigenvalue weighted by Gasteiger charge is -2.05. The molecule has 0 aliphatic carbocycles. The molecule has 1 N–H and O–H groups in total. The number of hydrogen-bond donors (Lipinski definition) is 1. The van der Waals surface area contributed by atoms with Crippen molar-refractivity contribution in [3.8, 4) is 27.6 Å². The number of rotatable bonds is 8. The van der Waals surface area contributed by atoms with E-state index in [-0.39, 0.29) is 24.7 Å². The molecule has 0 atom stereocenters. The molecule has 0 saturated carbocycles. The third kappa shape index (κ3) is 4.94. The number of aromatic nitrogens is 4. The van der Waals surface area contributed by atoms with Crippen LogP contribution in [0, 0.1) is 5.82 Å². The molecule has 3 heterocycles. The van der Waals surface area contributed by atoms with Crippen molar-refractivity contribution in [1.29, 1.82) is 0 Å². The van der Waals surface area contributed by atoms with Crippen LogP contribution in [0.4, 0.5) is 4.39 Å². The predicted octanol–water partition coefficient (Wildman–Crippen LogP) is 5.04. The maximum Gasteiger partial charge on any atom is 0.227 e. The van der Waals surface area contributed by atoms with Crippen LogP contribution >= 0.6 is 11.3 Å². The van der Waals surface area contributed by atoms with Gasteiger partial charge in [-0.05, 0) is 47.8 Å². The van der Waals surface area contributed by atoms with Crippen molar-refractivity contribution >= 4 is 17.2 Å². The highest BCUT2D eigenvalue weighted by atomic mass is 32.1. The van der Waals surface area contributed by atoms with Crippen LogP contribution in [0.5, 0.6) is 0 Å². The lowest BCUT2D eigenvalue weighted by molar-refractivity contribution is -0.121. The summed E-state index contributed by atoms with van der Waals surface area (Å²) in [5.74, 6) is 0.489. The Hall–Kier alpha value is -4.11. The Labute approximate surface area is 198 Å². The third-order valence-corrected chi connectivity index (χ3v) is 6.05. The summed E-state index contributed by atoms with van der Waals surface area (Å²) in [6.45, 7) is 0.280. The summed E-state index contributed by atoms with van der Waals surface area (Å²) in [6.07, 6.45) is 2.43. The van der Waals surface area contributed by atoms with E-state index in [1.165, 1.54) is 23.5 Å². The molecule has 9 heteroatoms. The van der Waals surface area contributed by atoms with Gasteiger partial charge in [0.2, 0.25) is 17.6 Å². The zero-order valence-corrected chi connectivity index (χ0v) is 18.8. The van der Waals surface area contributed by atoms with E-state index in [0.717, 1.165) is 21.7 Å². The second-order valence-electron chi connectivity index (χ2n) is 7.56. The summed E-state index contributed by atoms with van der Waals surface area (Å²) < 4.78 is 20.5. The van der Waals surface area contributed by atoms with Crippen molar-refractivity contribution in [3.63, 3.8) is 0 Å². The molecule has 0 aliphatic rings. The first-order valence-corrected chi connectivity index (χ1v) is 11.6. The highest BCUT2D eigenvalue weighted by Crippen LogP contribution is 2.24. The summed E-state index contributed by atoms with van der Waals surface area (Å²) in [5.41, 5.74) is 3.16. The first kappa shape index (κ1) is 21.7. The monoisotopic (exact) mass is 473 g/mol. The van der Waals surface area contributed by atoms with Crippen molar-refractivity contribution in [3.05, 3.63) is 95.6 Å². The summed E-state index contributed by atoms with van der Waals surface area (Å²) in [4.78, 5) is 17.8. The van der Waals surface area contributed by atoms with Gasteiger partial charge in [-0.1, -0.05) is 29.4 Å². The van der Waals surface area contributed by atoms with Gasteiger partial charge in [0, 0.05) is 36.7 Å². The molecule has 0 saturated heterocycles. The smallest absolute Gasteiger partial charge is 0.227 e. The van der Waals surface area contributed by atoms with E-state index >= 15 is 0 Å². The number of carbonyl (C=O) groups excluding carboxylic acids is 1. The minimum absolute atomic E-state index is 0.145. The van der Waals surface area contributed by atoms with Gasteiger partial charge in [-0.3, -0.25) is 4.79 Å². The fraction of sp³-hybridized carbons (Fsp3) is 0.120. The average Bonchev–Trinajstić information content (AvgIpc) is 3.63. The quantitative estimate of drug-likeness (QED) is 0.341. The maximum atomic E-state index is 13.4. The maximum absolute atomic E-state index is 13.4. The van der Waals surface area contributed by atoms with Crippen LogP contribution in [0.15, 0.2) is 82.8 Å². The molecule has 0 spiro atoms. The van der Waals surface area contributed by atoms with Gasteiger partial charge >= 0.3 is 0 Å². The summed E-state index contributed by atoms with van der Waals surface area (Å²) in [6, 6.07) is 19.7. The number of thiophene rings is 1. The van der Waals surface area contributed by atoms with Crippen LogP contribution in [0.3, 0.4) is 0 Å². The Morgan fingerprint density at radius 3 is 2.65 bits per heavy atom. The molecule has 34 heavy (non-hydrogen) atoms. The predicted molar refractivity (Wildman–Crippen MR) is 127 cm³/mol. The standard InChI is InChI=1S/C25H20FN5O2S/c26-19-10-8-17(9-11-19)24-18(16-31(29-24)20-5-2-1-3-6-20)15-27-22(32)12-13-23-28-25(30-33-23)21-7-4-14-34-21/h1-11,14,16H,12-13,15H2,(H,27,32). The topological polar surface area (TPSA) is 85.8 Å². The van der Waals surface area contributed by atoms with Crippen LogP contribution in [-0.4, -0.2) is 25.8 Å². The number of halogens is 1. The molecule has 0 fully saturated rings. The highest BCUT2D eigenvalue weighted by molar-refractivity contribution is 7.13. The Morgan fingerprint density at radius 1 is 1.06 bits per heavy atom. The fourth-order valence-corrected chi connectivity index (χ4v) is 4.12. The van der Waals surface area contributed by atoms with Gasteiger partial charge in [-0.15, -0.1) is 11.3 Å². The van der Waals surface area contributed by atoms with Crippen LogP contribution in [0.2, 0.25) is 0 Å². The minimum atomic E-state index is -0.315. The molecule has 5 aromatic rings. The zero-order chi connectivity index (χ0) is 23.3. The normalized spacial score (nSPS) is 11.0. The SMILES string of the molecule is O=C(CCc1nc(-c2cccs2)no1)NCc1cn(-c2ccccc2)nc1-c1ccc(F)cc1. The van der Waals surface area contributed by atoms with E-state index in [4.69, 9.17) is 4.52 Å². The third-order valence-electron chi connectivity index (χ3n) is 5.18. The molecule has 3 aromatic heterocycles. The lowest BCUT2D eigenvalue weighted by Crippen LogP contribution is -2.23. The Morgan fingerprint density at radius 2 is 1.88 bits per heavy atom.